The predicted molar refractivity (Wildman–Crippen MR) is 94.8 cm³/mol. The van der Waals surface area contributed by atoms with E-state index in [1.807, 2.05) is 17.0 Å². The summed E-state index contributed by atoms with van der Waals surface area (Å²) < 4.78 is 5.91. The number of phenolic OH excluding ortho intramolecular Hbond substituents is 1. The first-order valence-corrected chi connectivity index (χ1v) is 8.66. The largest absolute Gasteiger partial charge is 0.508 e. The number of carbonyl (C=O) groups excluding carboxylic acids is 1. The highest BCUT2D eigenvalue weighted by Crippen LogP contribution is 2.45. The van der Waals surface area contributed by atoms with E-state index in [0.29, 0.717) is 31.8 Å². The molecule has 0 radical (unpaired) electrons. The number of likely N-dealkylation sites (tertiary alicyclic amines) is 1. The van der Waals surface area contributed by atoms with E-state index in [1.165, 1.54) is 5.56 Å². The van der Waals surface area contributed by atoms with Gasteiger partial charge in [0, 0.05) is 36.2 Å². The van der Waals surface area contributed by atoms with Crippen molar-refractivity contribution >= 4 is 5.91 Å². The Labute approximate surface area is 147 Å². The molecule has 25 heavy (non-hydrogen) atoms. The number of nitrogens with zero attached hydrogens (tertiary/aromatic N) is 1. The van der Waals surface area contributed by atoms with Crippen LogP contribution in [0.15, 0.2) is 42.5 Å². The van der Waals surface area contributed by atoms with E-state index >= 15 is 0 Å². The summed E-state index contributed by atoms with van der Waals surface area (Å²) >= 11 is 0. The molecule has 0 atom stereocenters. The van der Waals surface area contributed by atoms with Gasteiger partial charge < -0.3 is 20.5 Å². The van der Waals surface area contributed by atoms with E-state index in [0.717, 1.165) is 24.2 Å². The van der Waals surface area contributed by atoms with Crippen LogP contribution < -0.4 is 10.5 Å². The van der Waals surface area contributed by atoms with Crippen molar-refractivity contribution in [3.63, 3.8) is 0 Å². The summed E-state index contributed by atoms with van der Waals surface area (Å²) in [4.78, 5) is 14.5. The van der Waals surface area contributed by atoms with Crippen LogP contribution in [0.4, 0.5) is 0 Å². The number of hydrogen-bond donors (Lipinski definition) is 2. The van der Waals surface area contributed by atoms with Gasteiger partial charge in [-0.2, -0.15) is 0 Å². The van der Waals surface area contributed by atoms with Gasteiger partial charge in [0.2, 0.25) is 0 Å². The number of hydrogen-bond acceptors (Lipinski definition) is 4. The third-order valence-electron chi connectivity index (χ3n) is 5.48. The number of piperidine rings is 1. The number of nitrogens with two attached hydrogens (primary N) is 1. The second-order valence-corrected chi connectivity index (χ2v) is 6.94. The molecule has 3 N–H and O–H groups in total. The van der Waals surface area contributed by atoms with Crippen LogP contribution in [0, 0.1) is 0 Å². The van der Waals surface area contributed by atoms with Crippen LogP contribution in [-0.2, 0) is 12.0 Å². The van der Waals surface area contributed by atoms with Crippen molar-refractivity contribution in [3.8, 4) is 11.5 Å². The first-order valence-electron chi connectivity index (χ1n) is 8.66. The Morgan fingerprint density at radius 2 is 1.88 bits per heavy atom. The van der Waals surface area contributed by atoms with Gasteiger partial charge in [0.1, 0.15) is 11.5 Å². The zero-order chi connectivity index (χ0) is 17.4. The summed E-state index contributed by atoms with van der Waals surface area (Å²) in [6, 6.07) is 12.6. The lowest BCUT2D eigenvalue weighted by atomic mass is 9.74. The molecule has 1 saturated heterocycles. The molecule has 4 rings (SSSR count). The van der Waals surface area contributed by atoms with E-state index in [9.17, 15) is 9.90 Å². The summed E-state index contributed by atoms with van der Waals surface area (Å²) in [7, 11) is 0. The Bertz CT molecular complexity index is 793. The van der Waals surface area contributed by atoms with Crippen molar-refractivity contribution in [2.75, 3.05) is 19.7 Å². The number of rotatable bonds is 2. The molecule has 0 unspecified atom stereocenters. The van der Waals surface area contributed by atoms with E-state index in [2.05, 4.69) is 6.07 Å². The van der Waals surface area contributed by atoms with Crippen molar-refractivity contribution in [2.24, 2.45) is 5.73 Å². The molecule has 1 fully saturated rings. The molecule has 2 aliphatic heterocycles. The highest BCUT2D eigenvalue weighted by Gasteiger charge is 2.43. The molecule has 2 aliphatic rings. The van der Waals surface area contributed by atoms with Crippen molar-refractivity contribution in [2.45, 2.75) is 24.8 Å². The summed E-state index contributed by atoms with van der Waals surface area (Å²) in [6.45, 7) is 2.61. The van der Waals surface area contributed by atoms with Gasteiger partial charge in [0.25, 0.3) is 5.91 Å². The van der Waals surface area contributed by atoms with Gasteiger partial charge in [-0.15, -0.1) is 0 Å². The lowest BCUT2D eigenvalue weighted by Crippen LogP contribution is -2.46. The van der Waals surface area contributed by atoms with Crippen LogP contribution in [0.1, 0.15) is 34.3 Å². The third kappa shape index (κ3) is 2.74. The Balaban J connectivity index is 1.51. The Hall–Kier alpha value is -2.53. The fourth-order valence-electron chi connectivity index (χ4n) is 3.88. The second-order valence-electron chi connectivity index (χ2n) is 6.94. The number of amides is 1. The number of fused-ring (bicyclic) bond motifs is 2. The first kappa shape index (κ1) is 16.0. The van der Waals surface area contributed by atoms with Gasteiger partial charge in [-0.25, -0.2) is 0 Å². The maximum Gasteiger partial charge on any atom is 0.253 e. The Kier molecular flexibility index (Phi) is 3.88. The lowest BCUT2D eigenvalue weighted by Gasteiger charge is -2.38. The van der Waals surface area contributed by atoms with Gasteiger partial charge in [0.05, 0.1) is 6.61 Å². The Morgan fingerprint density at radius 1 is 1.16 bits per heavy atom. The van der Waals surface area contributed by atoms with E-state index < -0.39 is 0 Å². The average Bonchev–Trinajstić information content (AvgIpc) is 3.00. The van der Waals surface area contributed by atoms with Crippen molar-refractivity contribution < 1.29 is 14.6 Å². The molecule has 2 aromatic carbocycles. The summed E-state index contributed by atoms with van der Waals surface area (Å²) in [5, 5.41) is 9.38. The first-order chi connectivity index (χ1) is 12.1. The van der Waals surface area contributed by atoms with Crippen LogP contribution >= 0.6 is 0 Å². The topological polar surface area (TPSA) is 75.8 Å². The van der Waals surface area contributed by atoms with Gasteiger partial charge in [0.15, 0.2) is 0 Å². The molecule has 0 saturated carbocycles. The van der Waals surface area contributed by atoms with E-state index in [4.69, 9.17) is 10.5 Å². The minimum absolute atomic E-state index is 0.00769. The number of carbonyl (C=O) groups is 1. The standard InChI is InChI=1S/C20H22N2O3/c21-12-14-1-6-18-17(11-14)20(13-25-18)7-9-22(10-8-20)19(24)15-2-4-16(23)5-3-15/h1-6,11,23H,7-10,12-13,21H2. The minimum atomic E-state index is -0.00769. The molecule has 5 nitrogen and oxygen atoms in total. The smallest absolute Gasteiger partial charge is 0.253 e. The molecular formula is C20H22N2O3. The fourth-order valence-corrected chi connectivity index (χ4v) is 3.88. The highest BCUT2D eigenvalue weighted by atomic mass is 16.5. The number of aromatic hydroxyl groups is 1. The van der Waals surface area contributed by atoms with Crippen LogP contribution in [0.2, 0.25) is 0 Å². The second kappa shape index (κ2) is 6.08. The number of benzene rings is 2. The molecule has 0 bridgehead atoms. The maximum absolute atomic E-state index is 12.7. The molecule has 130 valence electrons. The van der Waals surface area contributed by atoms with Crippen molar-refractivity contribution in [3.05, 3.63) is 59.2 Å². The Morgan fingerprint density at radius 3 is 2.56 bits per heavy atom. The molecule has 2 heterocycles. The van der Waals surface area contributed by atoms with Crippen molar-refractivity contribution in [1.82, 2.24) is 4.90 Å². The monoisotopic (exact) mass is 338 g/mol. The van der Waals surface area contributed by atoms with Crippen LogP contribution in [0.25, 0.3) is 0 Å². The average molecular weight is 338 g/mol. The molecule has 0 aliphatic carbocycles. The fraction of sp³-hybridized carbons (Fsp3) is 0.350. The predicted octanol–water partition coefficient (Wildman–Crippen LogP) is 2.42. The van der Waals surface area contributed by atoms with Crippen LogP contribution in [0.3, 0.4) is 0 Å². The molecule has 1 spiro atoms. The lowest BCUT2D eigenvalue weighted by molar-refractivity contribution is 0.0646. The molecule has 2 aromatic rings. The maximum atomic E-state index is 12.7. The zero-order valence-electron chi connectivity index (χ0n) is 14.1. The zero-order valence-corrected chi connectivity index (χ0v) is 14.1. The normalized spacial score (nSPS) is 18.0. The van der Waals surface area contributed by atoms with Crippen molar-refractivity contribution in [1.29, 1.82) is 0 Å². The van der Waals surface area contributed by atoms with Gasteiger partial charge in [-0.1, -0.05) is 12.1 Å². The summed E-state index contributed by atoms with van der Waals surface area (Å²) in [5.74, 6) is 1.14. The molecular weight excluding hydrogens is 316 g/mol. The van der Waals surface area contributed by atoms with Crippen LogP contribution in [-0.4, -0.2) is 35.6 Å². The molecule has 5 heteroatoms. The molecule has 1 amide bonds. The highest BCUT2D eigenvalue weighted by molar-refractivity contribution is 5.94. The quantitative estimate of drug-likeness (QED) is 0.882. The van der Waals surface area contributed by atoms with Gasteiger partial charge in [-0.05, 0) is 48.7 Å². The van der Waals surface area contributed by atoms with Gasteiger partial charge >= 0.3 is 0 Å². The SMILES string of the molecule is NCc1ccc2c(c1)C1(CCN(C(=O)c3ccc(O)cc3)CC1)CO2. The number of ether oxygens (including phenoxy) is 1. The molecule has 0 aromatic heterocycles. The summed E-state index contributed by atoms with van der Waals surface area (Å²) in [6.07, 6.45) is 1.77. The van der Waals surface area contributed by atoms with E-state index in [1.54, 1.807) is 24.3 Å². The van der Waals surface area contributed by atoms with Gasteiger partial charge in [-0.3, -0.25) is 4.79 Å². The summed E-state index contributed by atoms with van der Waals surface area (Å²) in [5.41, 5.74) is 8.75. The number of phenols is 1. The third-order valence-corrected chi connectivity index (χ3v) is 5.48. The van der Waals surface area contributed by atoms with Crippen LogP contribution in [0.5, 0.6) is 11.5 Å². The minimum Gasteiger partial charge on any atom is -0.508 e. The van der Waals surface area contributed by atoms with E-state index in [-0.39, 0.29) is 17.1 Å².